The number of hydrogen-bond donors (Lipinski definition) is 2. The number of amides is 1. The van der Waals surface area contributed by atoms with E-state index in [1.807, 2.05) is 20.8 Å². The Morgan fingerprint density at radius 3 is 2.35 bits per heavy atom. The lowest BCUT2D eigenvalue weighted by atomic mass is 9.91. The zero-order chi connectivity index (χ0) is 17.0. The Kier molecular flexibility index (Phi) is 5.95. The van der Waals surface area contributed by atoms with Gasteiger partial charge in [-0.3, -0.25) is 0 Å². The van der Waals surface area contributed by atoms with Gasteiger partial charge in [0.15, 0.2) is 0 Å². The molecule has 1 aliphatic rings. The van der Waals surface area contributed by atoms with Crippen LogP contribution in [0.4, 0.5) is 10.5 Å². The number of ether oxygens (including phenoxy) is 1. The van der Waals surface area contributed by atoms with E-state index in [0.29, 0.717) is 6.04 Å². The van der Waals surface area contributed by atoms with Crippen LogP contribution in [0.3, 0.4) is 0 Å². The van der Waals surface area contributed by atoms with E-state index in [9.17, 15) is 4.79 Å². The fourth-order valence-corrected chi connectivity index (χ4v) is 3.15. The summed E-state index contributed by atoms with van der Waals surface area (Å²) in [5, 5.41) is 6.57. The van der Waals surface area contributed by atoms with Crippen LogP contribution in [0, 0.1) is 6.92 Å². The van der Waals surface area contributed by atoms with Gasteiger partial charge in [-0.2, -0.15) is 0 Å². The number of carbonyl (C=O) groups excluding carboxylic acids is 1. The van der Waals surface area contributed by atoms with E-state index in [1.54, 1.807) is 0 Å². The van der Waals surface area contributed by atoms with Crippen molar-refractivity contribution < 1.29 is 9.53 Å². The normalized spacial score (nSPS) is 21.6. The molecule has 0 heterocycles. The van der Waals surface area contributed by atoms with Crippen molar-refractivity contribution >= 4 is 27.7 Å². The molecule has 1 aromatic rings. The van der Waals surface area contributed by atoms with Crippen LogP contribution in [0.2, 0.25) is 0 Å². The summed E-state index contributed by atoms with van der Waals surface area (Å²) >= 11 is 3.57. The van der Waals surface area contributed by atoms with E-state index in [2.05, 4.69) is 51.7 Å². The van der Waals surface area contributed by atoms with E-state index < -0.39 is 5.60 Å². The van der Waals surface area contributed by atoms with E-state index in [4.69, 9.17) is 4.74 Å². The molecule has 0 aromatic heterocycles. The standard InChI is InChI=1S/C18H27BrN2O2/c1-12-5-6-15(11-16(12)19)20-13-7-9-14(10-8-13)21-17(22)23-18(2,3)4/h5-6,11,13-14,20H,7-10H2,1-4H3,(H,21,22). The molecule has 1 aliphatic carbocycles. The van der Waals surface area contributed by atoms with Crippen molar-refractivity contribution in [1.82, 2.24) is 5.32 Å². The van der Waals surface area contributed by atoms with Crippen LogP contribution in [0.25, 0.3) is 0 Å². The number of aryl methyl sites for hydroxylation is 1. The molecule has 23 heavy (non-hydrogen) atoms. The van der Waals surface area contributed by atoms with Crippen LogP contribution in [-0.4, -0.2) is 23.8 Å². The minimum atomic E-state index is -0.443. The Balaban J connectivity index is 1.77. The van der Waals surface area contributed by atoms with Gasteiger partial charge in [-0.1, -0.05) is 22.0 Å². The molecule has 1 aromatic carbocycles. The minimum absolute atomic E-state index is 0.215. The number of benzene rings is 1. The van der Waals surface area contributed by atoms with Gasteiger partial charge in [0.05, 0.1) is 0 Å². The third-order valence-corrected chi connectivity index (χ3v) is 4.85. The quantitative estimate of drug-likeness (QED) is 0.772. The van der Waals surface area contributed by atoms with E-state index in [1.165, 1.54) is 5.56 Å². The molecule has 128 valence electrons. The third-order valence-electron chi connectivity index (χ3n) is 3.99. The van der Waals surface area contributed by atoms with Gasteiger partial charge in [-0.25, -0.2) is 4.79 Å². The topological polar surface area (TPSA) is 50.4 Å². The molecular weight excluding hydrogens is 356 g/mol. The minimum Gasteiger partial charge on any atom is -0.444 e. The average Bonchev–Trinajstić information content (AvgIpc) is 2.43. The number of anilines is 1. The molecule has 0 radical (unpaired) electrons. The van der Waals surface area contributed by atoms with Crippen LogP contribution >= 0.6 is 15.9 Å². The summed E-state index contributed by atoms with van der Waals surface area (Å²) < 4.78 is 6.44. The predicted molar refractivity (Wildman–Crippen MR) is 97.9 cm³/mol. The van der Waals surface area contributed by atoms with Crippen LogP contribution in [-0.2, 0) is 4.74 Å². The smallest absolute Gasteiger partial charge is 0.407 e. The van der Waals surface area contributed by atoms with Crippen molar-refractivity contribution in [2.45, 2.75) is 71.1 Å². The number of nitrogens with one attached hydrogen (secondary N) is 2. The number of halogens is 1. The van der Waals surface area contributed by atoms with Crippen LogP contribution in [0.1, 0.15) is 52.0 Å². The monoisotopic (exact) mass is 382 g/mol. The lowest BCUT2D eigenvalue weighted by Crippen LogP contribution is -2.42. The molecule has 1 fully saturated rings. The van der Waals surface area contributed by atoms with Crippen molar-refractivity contribution in [3.05, 3.63) is 28.2 Å². The molecule has 0 spiro atoms. The molecule has 0 saturated heterocycles. The van der Waals surface area contributed by atoms with Gasteiger partial charge in [0.1, 0.15) is 5.60 Å². The van der Waals surface area contributed by atoms with Gasteiger partial charge in [0, 0.05) is 22.2 Å². The second kappa shape index (κ2) is 7.56. The second-order valence-electron chi connectivity index (χ2n) is 7.30. The second-order valence-corrected chi connectivity index (χ2v) is 8.16. The van der Waals surface area contributed by atoms with E-state index in [0.717, 1.165) is 35.8 Å². The predicted octanol–water partition coefficient (Wildman–Crippen LogP) is 5.01. The fourth-order valence-electron chi connectivity index (χ4n) is 2.77. The Morgan fingerprint density at radius 1 is 1.17 bits per heavy atom. The number of hydrogen-bond acceptors (Lipinski definition) is 3. The van der Waals surface area contributed by atoms with Gasteiger partial charge in [-0.15, -0.1) is 0 Å². The molecule has 5 heteroatoms. The summed E-state index contributed by atoms with van der Waals surface area (Å²) in [6.07, 6.45) is 3.74. The Bertz CT molecular complexity index is 546. The van der Waals surface area contributed by atoms with Gasteiger partial charge < -0.3 is 15.4 Å². The highest BCUT2D eigenvalue weighted by Crippen LogP contribution is 2.25. The van der Waals surface area contributed by atoms with Crippen LogP contribution in [0.15, 0.2) is 22.7 Å². The fraction of sp³-hybridized carbons (Fsp3) is 0.611. The molecular formula is C18H27BrN2O2. The number of alkyl carbamates (subject to hydrolysis) is 1. The molecule has 2 N–H and O–H groups in total. The lowest BCUT2D eigenvalue weighted by molar-refractivity contribution is 0.0492. The molecule has 1 amide bonds. The zero-order valence-corrected chi connectivity index (χ0v) is 16.0. The maximum atomic E-state index is 11.8. The first-order chi connectivity index (χ1) is 10.7. The van der Waals surface area contributed by atoms with Crippen molar-refractivity contribution in [3.8, 4) is 0 Å². The Morgan fingerprint density at radius 2 is 1.78 bits per heavy atom. The van der Waals surface area contributed by atoms with Gasteiger partial charge in [0.25, 0.3) is 0 Å². The zero-order valence-electron chi connectivity index (χ0n) is 14.4. The maximum absolute atomic E-state index is 11.8. The SMILES string of the molecule is Cc1ccc(NC2CCC(NC(=O)OC(C)(C)C)CC2)cc1Br. The van der Waals surface area contributed by atoms with Gasteiger partial charge in [-0.05, 0) is 71.1 Å². The first-order valence-corrected chi connectivity index (χ1v) is 9.04. The summed E-state index contributed by atoms with van der Waals surface area (Å²) in [6, 6.07) is 7.03. The summed E-state index contributed by atoms with van der Waals surface area (Å²) in [6.45, 7) is 7.73. The molecule has 0 bridgehead atoms. The van der Waals surface area contributed by atoms with Crippen molar-refractivity contribution in [2.75, 3.05) is 5.32 Å². The van der Waals surface area contributed by atoms with E-state index in [-0.39, 0.29) is 12.1 Å². The highest BCUT2D eigenvalue weighted by Gasteiger charge is 2.24. The van der Waals surface area contributed by atoms with Crippen LogP contribution in [0.5, 0.6) is 0 Å². The molecule has 4 nitrogen and oxygen atoms in total. The largest absolute Gasteiger partial charge is 0.444 e. The summed E-state index contributed by atoms with van der Waals surface area (Å²) in [7, 11) is 0. The Labute approximate surface area is 147 Å². The first kappa shape index (κ1) is 18.1. The molecule has 1 saturated carbocycles. The first-order valence-electron chi connectivity index (χ1n) is 8.25. The highest BCUT2D eigenvalue weighted by atomic mass is 79.9. The van der Waals surface area contributed by atoms with Crippen molar-refractivity contribution in [2.24, 2.45) is 0 Å². The van der Waals surface area contributed by atoms with Crippen molar-refractivity contribution in [1.29, 1.82) is 0 Å². The molecule has 2 rings (SSSR count). The molecule has 0 atom stereocenters. The number of rotatable bonds is 3. The van der Waals surface area contributed by atoms with Crippen molar-refractivity contribution in [3.63, 3.8) is 0 Å². The van der Waals surface area contributed by atoms with Crippen LogP contribution < -0.4 is 10.6 Å². The Hall–Kier alpha value is -1.23. The number of carbonyl (C=O) groups is 1. The molecule has 0 aliphatic heterocycles. The van der Waals surface area contributed by atoms with E-state index >= 15 is 0 Å². The summed E-state index contributed by atoms with van der Waals surface area (Å²) in [4.78, 5) is 11.8. The molecule has 0 unspecified atom stereocenters. The third kappa shape index (κ3) is 6.05. The summed E-state index contributed by atoms with van der Waals surface area (Å²) in [5.74, 6) is 0. The highest BCUT2D eigenvalue weighted by molar-refractivity contribution is 9.10. The lowest BCUT2D eigenvalue weighted by Gasteiger charge is -2.31. The summed E-state index contributed by atoms with van der Waals surface area (Å²) in [5.41, 5.74) is 1.94. The van der Waals surface area contributed by atoms with Gasteiger partial charge in [0.2, 0.25) is 0 Å². The maximum Gasteiger partial charge on any atom is 0.407 e. The van der Waals surface area contributed by atoms with Gasteiger partial charge >= 0.3 is 6.09 Å². The average molecular weight is 383 g/mol.